The van der Waals surface area contributed by atoms with E-state index < -0.39 is 5.41 Å². The molecule has 3 nitrogen and oxygen atoms in total. The first-order chi connectivity index (χ1) is 23.8. The van der Waals surface area contributed by atoms with Gasteiger partial charge in [-0.3, -0.25) is 0 Å². The van der Waals surface area contributed by atoms with Crippen molar-refractivity contribution in [1.29, 1.82) is 0 Å². The Balaban J connectivity index is 1.15. The number of nitrogens with zero attached hydrogens (tertiary/aromatic N) is 2. The summed E-state index contributed by atoms with van der Waals surface area (Å²) in [7, 11) is 0. The third kappa shape index (κ3) is 3.82. The quantitative estimate of drug-likeness (QED) is 0.199. The molecule has 0 saturated carbocycles. The van der Waals surface area contributed by atoms with Gasteiger partial charge in [-0.15, -0.1) is 0 Å². The van der Waals surface area contributed by atoms with Crippen LogP contribution in [0, 0.1) is 0 Å². The van der Waals surface area contributed by atoms with E-state index >= 15 is 0 Å². The largest absolute Gasteiger partial charge is 0.457 e. The summed E-state index contributed by atoms with van der Waals surface area (Å²) >= 11 is 0. The van der Waals surface area contributed by atoms with Crippen molar-refractivity contribution in [3.8, 4) is 56.4 Å². The molecule has 1 spiro atoms. The second-order valence-electron chi connectivity index (χ2n) is 12.5. The summed E-state index contributed by atoms with van der Waals surface area (Å²) in [5.74, 6) is 2.53. The van der Waals surface area contributed by atoms with E-state index in [1.54, 1.807) is 0 Å². The molecule has 0 unspecified atom stereocenters. The van der Waals surface area contributed by atoms with Crippen molar-refractivity contribution in [2.24, 2.45) is 0 Å². The van der Waals surface area contributed by atoms with Crippen LogP contribution in [0.1, 0.15) is 22.3 Å². The van der Waals surface area contributed by atoms with Gasteiger partial charge in [0, 0.05) is 27.6 Å². The summed E-state index contributed by atoms with van der Waals surface area (Å²) in [4.78, 5) is 10.2. The van der Waals surface area contributed by atoms with Gasteiger partial charge in [0.1, 0.15) is 11.5 Å². The molecule has 0 bridgehead atoms. The fourth-order valence-corrected chi connectivity index (χ4v) is 7.90. The number of fused-ring (bicyclic) bond motifs is 10. The highest BCUT2D eigenvalue weighted by atomic mass is 16.5. The minimum Gasteiger partial charge on any atom is -0.457 e. The smallest absolute Gasteiger partial charge is 0.160 e. The van der Waals surface area contributed by atoms with Crippen LogP contribution in [0.4, 0.5) is 0 Å². The first-order valence-electron chi connectivity index (χ1n) is 16.3. The van der Waals surface area contributed by atoms with Crippen molar-refractivity contribution < 1.29 is 4.74 Å². The molecule has 7 aromatic carbocycles. The Morgan fingerprint density at radius 3 is 1.81 bits per heavy atom. The topological polar surface area (TPSA) is 35.0 Å². The monoisotopic (exact) mass is 612 g/mol. The van der Waals surface area contributed by atoms with Crippen LogP contribution < -0.4 is 4.74 Å². The molecule has 3 heteroatoms. The van der Waals surface area contributed by atoms with E-state index in [4.69, 9.17) is 14.7 Å². The fourth-order valence-electron chi connectivity index (χ4n) is 7.90. The van der Waals surface area contributed by atoms with Crippen molar-refractivity contribution >= 4 is 10.9 Å². The molecule has 0 amide bonds. The molecule has 10 rings (SSSR count). The van der Waals surface area contributed by atoms with E-state index in [0.717, 1.165) is 56.2 Å². The molecule has 48 heavy (non-hydrogen) atoms. The summed E-state index contributed by atoms with van der Waals surface area (Å²) < 4.78 is 6.49. The van der Waals surface area contributed by atoms with E-state index in [9.17, 15) is 0 Å². The number of rotatable bonds is 3. The van der Waals surface area contributed by atoms with Gasteiger partial charge in [-0.25, -0.2) is 9.97 Å². The maximum absolute atomic E-state index is 6.49. The first kappa shape index (κ1) is 26.9. The maximum atomic E-state index is 6.49. The van der Waals surface area contributed by atoms with Crippen LogP contribution in [0.2, 0.25) is 0 Å². The molecule has 0 radical (unpaired) electrons. The van der Waals surface area contributed by atoms with E-state index in [1.165, 1.54) is 33.4 Å². The molecule has 0 atom stereocenters. The SMILES string of the molecule is c1ccc(-c2nc(-c3cccc(-c4ccc5c(c4)-c4ccccc4C54c5ccccc5Oc5ccccc54)c3)nc3ccccc23)cc1. The normalized spacial score (nSPS) is 13.3. The van der Waals surface area contributed by atoms with Crippen LogP contribution in [0.15, 0.2) is 170 Å². The molecule has 0 saturated heterocycles. The maximum Gasteiger partial charge on any atom is 0.160 e. The highest BCUT2D eigenvalue weighted by Crippen LogP contribution is 2.62. The number of hydrogen-bond acceptors (Lipinski definition) is 3. The Morgan fingerprint density at radius 2 is 1.00 bits per heavy atom. The number of benzene rings is 7. The van der Waals surface area contributed by atoms with Crippen LogP contribution in [0.3, 0.4) is 0 Å². The third-order valence-corrected chi connectivity index (χ3v) is 9.95. The third-order valence-electron chi connectivity index (χ3n) is 9.95. The number of aromatic nitrogens is 2. The van der Waals surface area contributed by atoms with Gasteiger partial charge in [-0.05, 0) is 63.7 Å². The summed E-state index contributed by atoms with van der Waals surface area (Å²) in [5.41, 5.74) is 13.2. The Hall–Kier alpha value is -6.32. The number of hydrogen-bond donors (Lipinski definition) is 0. The predicted octanol–water partition coefficient (Wildman–Crippen LogP) is 11.1. The molecule has 0 N–H and O–H groups in total. The molecular formula is C45H28N2O. The molecule has 0 fully saturated rings. The number of ether oxygens (including phenoxy) is 1. The van der Waals surface area contributed by atoms with Gasteiger partial charge in [-0.1, -0.05) is 140 Å². The molecule has 2 heterocycles. The van der Waals surface area contributed by atoms with Crippen LogP contribution in [0.5, 0.6) is 11.5 Å². The van der Waals surface area contributed by atoms with Crippen LogP contribution in [-0.2, 0) is 5.41 Å². The van der Waals surface area contributed by atoms with Crippen molar-refractivity contribution in [2.45, 2.75) is 5.41 Å². The van der Waals surface area contributed by atoms with Gasteiger partial charge >= 0.3 is 0 Å². The summed E-state index contributed by atoms with van der Waals surface area (Å²) in [6, 6.07) is 60.0. The number of para-hydroxylation sites is 3. The molecular weight excluding hydrogens is 585 g/mol. The summed E-state index contributed by atoms with van der Waals surface area (Å²) in [5, 5.41) is 1.05. The van der Waals surface area contributed by atoms with Crippen LogP contribution in [-0.4, -0.2) is 9.97 Å². The van der Waals surface area contributed by atoms with Crippen molar-refractivity contribution in [3.05, 3.63) is 192 Å². The zero-order valence-electron chi connectivity index (χ0n) is 26.0. The molecule has 1 aliphatic carbocycles. The lowest BCUT2D eigenvalue weighted by atomic mass is 9.66. The average molecular weight is 613 g/mol. The standard InChI is InChI=1S/C45H28N2O/c1-2-13-29(14-3-1)43-34-18-5-9-22-40(34)46-44(47-43)32-16-12-15-30(27-32)31-25-26-37-35(28-31)33-17-4-6-19-36(33)45(37)38-20-7-10-23-41(38)48-42-24-11-8-21-39(42)45/h1-28H. The van der Waals surface area contributed by atoms with Crippen LogP contribution in [0.25, 0.3) is 55.8 Å². The van der Waals surface area contributed by atoms with Gasteiger partial charge in [0.05, 0.1) is 16.6 Å². The Kier molecular flexibility index (Phi) is 5.79. The lowest BCUT2D eigenvalue weighted by Gasteiger charge is -2.39. The Bertz CT molecular complexity index is 2510. The summed E-state index contributed by atoms with van der Waals surface area (Å²) in [6.07, 6.45) is 0. The van der Waals surface area contributed by atoms with E-state index in [0.29, 0.717) is 0 Å². The zero-order chi connectivity index (χ0) is 31.7. The summed E-state index contributed by atoms with van der Waals surface area (Å²) in [6.45, 7) is 0. The minimum atomic E-state index is -0.468. The van der Waals surface area contributed by atoms with E-state index in [-0.39, 0.29) is 0 Å². The van der Waals surface area contributed by atoms with E-state index in [1.807, 2.05) is 18.2 Å². The highest BCUT2D eigenvalue weighted by molar-refractivity contribution is 5.94. The zero-order valence-corrected chi connectivity index (χ0v) is 26.0. The minimum absolute atomic E-state index is 0.468. The van der Waals surface area contributed by atoms with Crippen LogP contribution >= 0.6 is 0 Å². The van der Waals surface area contributed by atoms with E-state index in [2.05, 4.69) is 152 Å². The van der Waals surface area contributed by atoms with Gasteiger partial charge < -0.3 is 4.74 Å². The first-order valence-corrected chi connectivity index (χ1v) is 16.3. The molecule has 2 aliphatic rings. The van der Waals surface area contributed by atoms with Gasteiger partial charge in [0.2, 0.25) is 0 Å². The van der Waals surface area contributed by atoms with Gasteiger partial charge in [0.25, 0.3) is 0 Å². The van der Waals surface area contributed by atoms with Crippen molar-refractivity contribution in [3.63, 3.8) is 0 Å². The Morgan fingerprint density at radius 1 is 0.396 bits per heavy atom. The second-order valence-corrected chi connectivity index (χ2v) is 12.5. The predicted molar refractivity (Wildman–Crippen MR) is 193 cm³/mol. The fraction of sp³-hybridized carbons (Fsp3) is 0.0222. The van der Waals surface area contributed by atoms with Gasteiger partial charge in [0.15, 0.2) is 5.82 Å². The molecule has 224 valence electrons. The average Bonchev–Trinajstić information content (AvgIpc) is 3.45. The Labute approximate surface area is 278 Å². The lowest BCUT2D eigenvalue weighted by Crippen LogP contribution is -2.32. The molecule has 1 aliphatic heterocycles. The second kappa shape index (κ2) is 10.3. The van der Waals surface area contributed by atoms with Crippen molar-refractivity contribution in [2.75, 3.05) is 0 Å². The molecule has 1 aromatic heterocycles. The molecule has 8 aromatic rings. The lowest BCUT2D eigenvalue weighted by molar-refractivity contribution is 0.436. The highest BCUT2D eigenvalue weighted by Gasteiger charge is 2.50. The van der Waals surface area contributed by atoms with Gasteiger partial charge in [-0.2, -0.15) is 0 Å². The van der Waals surface area contributed by atoms with Crippen molar-refractivity contribution in [1.82, 2.24) is 9.97 Å².